The van der Waals surface area contributed by atoms with Gasteiger partial charge in [-0.1, -0.05) is 0 Å². The van der Waals surface area contributed by atoms with Gasteiger partial charge in [0, 0.05) is 18.2 Å². The van der Waals surface area contributed by atoms with Crippen LogP contribution in [0.1, 0.15) is 33.3 Å². The van der Waals surface area contributed by atoms with E-state index < -0.39 is 11.7 Å². The van der Waals surface area contributed by atoms with Gasteiger partial charge in [-0.2, -0.15) is 0 Å². The predicted octanol–water partition coefficient (Wildman–Crippen LogP) is 2.50. The standard InChI is InChI=1S/C14H19N3O3/c1-9(18)16-11-7-5-10(6-8-11)12(15)17-13(19)20-14(2,3)4/h5-8H,1-4H3,(H,16,18)(H2,15,17,19). The van der Waals surface area contributed by atoms with Gasteiger partial charge in [0.25, 0.3) is 0 Å². The lowest BCUT2D eigenvalue weighted by Gasteiger charge is -2.19. The minimum Gasteiger partial charge on any atom is -0.444 e. The topological polar surface area (TPSA) is 91.3 Å². The normalized spacial score (nSPS) is 10.6. The molecular weight excluding hydrogens is 258 g/mol. The molecule has 0 saturated carbocycles. The zero-order valence-corrected chi connectivity index (χ0v) is 12.0. The fourth-order valence-electron chi connectivity index (χ4n) is 1.40. The number of carbonyl (C=O) groups excluding carboxylic acids is 2. The minimum atomic E-state index is -0.673. The van der Waals surface area contributed by atoms with E-state index in [1.165, 1.54) is 6.92 Å². The maximum absolute atomic E-state index is 11.5. The second kappa shape index (κ2) is 6.18. The maximum atomic E-state index is 11.5. The van der Waals surface area contributed by atoms with Gasteiger partial charge in [0.1, 0.15) is 11.4 Å². The molecule has 2 amide bonds. The van der Waals surface area contributed by atoms with E-state index in [9.17, 15) is 9.59 Å². The van der Waals surface area contributed by atoms with Crippen LogP contribution in [0.5, 0.6) is 0 Å². The summed E-state index contributed by atoms with van der Waals surface area (Å²) in [5, 5.41) is 12.7. The Morgan fingerprint density at radius 3 is 2.15 bits per heavy atom. The van der Waals surface area contributed by atoms with Gasteiger partial charge >= 0.3 is 6.09 Å². The first-order valence-electron chi connectivity index (χ1n) is 6.14. The van der Waals surface area contributed by atoms with E-state index >= 15 is 0 Å². The molecule has 0 atom stereocenters. The molecule has 108 valence electrons. The highest BCUT2D eigenvalue weighted by Gasteiger charge is 2.17. The minimum absolute atomic E-state index is 0.0615. The van der Waals surface area contributed by atoms with Crippen molar-refractivity contribution in [3.05, 3.63) is 29.8 Å². The Morgan fingerprint density at radius 2 is 1.70 bits per heavy atom. The molecule has 0 aliphatic rings. The van der Waals surface area contributed by atoms with Crippen molar-refractivity contribution < 1.29 is 14.3 Å². The summed E-state index contributed by atoms with van der Waals surface area (Å²) in [6.45, 7) is 6.66. The van der Waals surface area contributed by atoms with E-state index in [1.54, 1.807) is 45.0 Å². The SMILES string of the molecule is CC(=O)Nc1ccc(C(=N)NC(=O)OC(C)(C)C)cc1. The highest BCUT2D eigenvalue weighted by molar-refractivity contribution is 6.04. The smallest absolute Gasteiger partial charge is 0.413 e. The molecule has 1 rings (SSSR count). The molecule has 0 aliphatic heterocycles. The Labute approximate surface area is 118 Å². The number of alkyl carbamates (subject to hydrolysis) is 1. The van der Waals surface area contributed by atoms with Crippen LogP contribution in [0.15, 0.2) is 24.3 Å². The van der Waals surface area contributed by atoms with Crippen molar-refractivity contribution in [3.8, 4) is 0 Å². The largest absolute Gasteiger partial charge is 0.444 e. The first kappa shape index (κ1) is 15.7. The van der Waals surface area contributed by atoms with Gasteiger partial charge in [0.05, 0.1) is 0 Å². The summed E-state index contributed by atoms with van der Waals surface area (Å²) in [4.78, 5) is 22.4. The molecule has 3 N–H and O–H groups in total. The van der Waals surface area contributed by atoms with Gasteiger partial charge in [0.2, 0.25) is 5.91 Å². The molecule has 1 aromatic rings. The molecule has 0 bridgehead atoms. The average Bonchev–Trinajstić information content (AvgIpc) is 2.26. The molecule has 1 aromatic carbocycles. The Balaban J connectivity index is 2.64. The quantitative estimate of drug-likeness (QED) is 0.573. The Bertz CT molecular complexity index is 515. The van der Waals surface area contributed by atoms with Crippen molar-refractivity contribution in [2.24, 2.45) is 0 Å². The number of hydrogen-bond acceptors (Lipinski definition) is 4. The van der Waals surface area contributed by atoms with Crippen molar-refractivity contribution in [3.63, 3.8) is 0 Å². The molecule has 6 nitrogen and oxygen atoms in total. The van der Waals surface area contributed by atoms with Crippen molar-refractivity contribution in [2.45, 2.75) is 33.3 Å². The van der Waals surface area contributed by atoms with E-state index in [1.807, 2.05) is 0 Å². The lowest BCUT2D eigenvalue weighted by molar-refractivity contribution is -0.114. The van der Waals surface area contributed by atoms with Crippen molar-refractivity contribution in [2.75, 3.05) is 5.32 Å². The van der Waals surface area contributed by atoms with Crippen LogP contribution in [0.3, 0.4) is 0 Å². The summed E-state index contributed by atoms with van der Waals surface area (Å²) in [6, 6.07) is 6.57. The number of rotatable bonds is 2. The highest BCUT2D eigenvalue weighted by Crippen LogP contribution is 2.10. The summed E-state index contributed by atoms with van der Waals surface area (Å²) < 4.78 is 5.06. The van der Waals surface area contributed by atoms with Gasteiger partial charge in [-0.25, -0.2) is 4.79 Å². The zero-order valence-electron chi connectivity index (χ0n) is 12.0. The third kappa shape index (κ3) is 5.51. The number of benzene rings is 1. The molecule has 0 heterocycles. The van der Waals surface area contributed by atoms with Crippen LogP contribution in [-0.4, -0.2) is 23.4 Å². The van der Waals surface area contributed by atoms with E-state index in [4.69, 9.17) is 10.1 Å². The van der Waals surface area contributed by atoms with Gasteiger partial charge in [0.15, 0.2) is 0 Å². The van der Waals surface area contributed by atoms with Crippen LogP contribution in [0.4, 0.5) is 10.5 Å². The number of ether oxygens (including phenoxy) is 1. The zero-order chi connectivity index (χ0) is 15.3. The Kier molecular flexibility index (Phi) is 4.85. The van der Waals surface area contributed by atoms with E-state index in [-0.39, 0.29) is 11.7 Å². The lowest BCUT2D eigenvalue weighted by Crippen LogP contribution is -2.36. The average molecular weight is 277 g/mol. The van der Waals surface area contributed by atoms with Gasteiger partial charge in [-0.3, -0.25) is 15.5 Å². The molecule has 0 aliphatic carbocycles. The summed E-state index contributed by atoms with van der Waals surface area (Å²) in [6.07, 6.45) is -0.673. The molecule has 0 saturated heterocycles. The number of amidine groups is 1. The molecular formula is C14H19N3O3. The number of amides is 2. The molecule has 6 heteroatoms. The van der Waals surface area contributed by atoms with Crippen LogP contribution < -0.4 is 10.6 Å². The molecule has 0 unspecified atom stereocenters. The van der Waals surface area contributed by atoms with Crippen molar-refractivity contribution in [1.29, 1.82) is 5.41 Å². The van der Waals surface area contributed by atoms with Gasteiger partial charge in [-0.15, -0.1) is 0 Å². The fraction of sp³-hybridized carbons (Fsp3) is 0.357. The number of hydrogen-bond donors (Lipinski definition) is 3. The van der Waals surface area contributed by atoms with Crippen LogP contribution >= 0.6 is 0 Å². The number of nitrogens with one attached hydrogen (secondary N) is 3. The van der Waals surface area contributed by atoms with Crippen LogP contribution in [-0.2, 0) is 9.53 Å². The highest BCUT2D eigenvalue weighted by atomic mass is 16.6. The summed E-state index contributed by atoms with van der Waals surface area (Å²) in [5.74, 6) is -0.228. The van der Waals surface area contributed by atoms with Crippen LogP contribution in [0.2, 0.25) is 0 Å². The molecule has 0 fully saturated rings. The van der Waals surface area contributed by atoms with Gasteiger partial charge in [-0.05, 0) is 45.0 Å². The fourth-order valence-corrected chi connectivity index (χ4v) is 1.40. The second-order valence-electron chi connectivity index (χ2n) is 5.26. The predicted molar refractivity (Wildman–Crippen MR) is 76.9 cm³/mol. The first-order valence-corrected chi connectivity index (χ1v) is 6.14. The summed E-state index contributed by atoms with van der Waals surface area (Å²) in [5.41, 5.74) is 0.538. The summed E-state index contributed by atoms with van der Waals surface area (Å²) in [7, 11) is 0. The van der Waals surface area contributed by atoms with Gasteiger partial charge < -0.3 is 10.1 Å². The molecule has 0 spiro atoms. The number of carbonyl (C=O) groups is 2. The first-order chi connectivity index (χ1) is 9.17. The van der Waals surface area contributed by atoms with Crippen molar-refractivity contribution >= 4 is 23.5 Å². The Morgan fingerprint density at radius 1 is 1.15 bits per heavy atom. The molecule has 0 radical (unpaired) electrons. The number of anilines is 1. The van der Waals surface area contributed by atoms with E-state index in [2.05, 4.69) is 10.6 Å². The monoisotopic (exact) mass is 277 g/mol. The lowest BCUT2D eigenvalue weighted by atomic mass is 10.2. The third-order valence-corrected chi connectivity index (χ3v) is 2.12. The maximum Gasteiger partial charge on any atom is 0.413 e. The van der Waals surface area contributed by atoms with Crippen LogP contribution in [0.25, 0.3) is 0 Å². The van der Waals surface area contributed by atoms with E-state index in [0.29, 0.717) is 11.3 Å². The van der Waals surface area contributed by atoms with Crippen molar-refractivity contribution in [1.82, 2.24) is 5.32 Å². The van der Waals surface area contributed by atoms with E-state index in [0.717, 1.165) is 0 Å². The molecule has 20 heavy (non-hydrogen) atoms. The van der Waals surface area contributed by atoms with Crippen LogP contribution in [0, 0.1) is 5.41 Å². The third-order valence-electron chi connectivity index (χ3n) is 2.12. The second-order valence-corrected chi connectivity index (χ2v) is 5.26. The summed E-state index contributed by atoms with van der Waals surface area (Å²) >= 11 is 0. The Hall–Kier alpha value is -2.37. The molecule has 0 aromatic heterocycles.